The molecule has 12 nitrogen and oxygen atoms in total. The first-order valence-corrected chi connectivity index (χ1v) is 14.5. The fourth-order valence-corrected chi connectivity index (χ4v) is 5.72. The van der Waals surface area contributed by atoms with Crippen molar-refractivity contribution in [3.63, 3.8) is 0 Å². The summed E-state index contributed by atoms with van der Waals surface area (Å²) in [7, 11) is -10.1. The number of carbonyl (C=O) groups is 2. The third kappa shape index (κ3) is 5.01. The number of hydrogen-bond acceptors (Lipinski definition) is 10. The number of nitrogens with two attached hydrogens (primary N) is 2. The molecule has 0 radical (unpaired) electrons. The van der Waals surface area contributed by atoms with E-state index in [4.69, 9.17) is 20.9 Å². The number of anilines is 2. The van der Waals surface area contributed by atoms with Crippen molar-refractivity contribution in [2.24, 2.45) is 5.92 Å². The number of esters is 1. The minimum atomic E-state index is -5.03. The van der Waals surface area contributed by atoms with Crippen LogP contribution < -0.4 is 16.2 Å². The Morgan fingerprint density at radius 3 is 1.73 bits per heavy atom. The molecule has 1 spiro atoms. The van der Waals surface area contributed by atoms with Gasteiger partial charge in [0.15, 0.2) is 26.9 Å². The van der Waals surface area contributed by atoms with Crippen molar-refractivity contribution >= 4 is 43.4 Å². The molecule has 0 amide bonds. The molecule has 0 atom stereocenters. The molecule has 14 heteroatoms. The van der Waals surface area contributed by atoms with Crippen LogP contribution in [0.15, 0.2) is 70.0 Å². The van der Waals surface area contributed by atoms with Gasteiger partial charge in [0.1, 0.15) is 5.78 Å². The fraction of sp³-hybridized carbons (Fsp3) is 0.231. The molecule has 0 unspecified atom stereocenters. The number of carbonyl (C=O) groups excluding carboxylic acids is 2. The molecule has 0 aromatic heterocycles. The van der Waals surface area contributed by atoms with Gasteiger partial charge in [0.2, 0.25) is 0 Å². The summed E-state index contributed by atoms with van der Waals surface area (Å²) >= 11 is 0. The van der Waals surface area contributed by atoms with Crippen LogP contribution in [0.2, 0.25) is 0 Å². The Bertz CT molecular complexity index is 1630. The Labute approximate surface area is 231 Å². The van der Waals surface area contributed by atoms with E-state index in [9.17, 15) is 35.5 Å². The van der Waals surface area contributed by atoms with E-state index in [1.807, 2.05) is 13.8 Å². The van der Waals surface area contributed by atoms with Crippen LogP contribution in [0.1, 0.15) is 38.8 Å². The molecule has 6 N–H and O–H groups in total. The Morgan fingerprint density at radius 1 is 0.975 bits per heavy atom. The molecule has 0 bridgehead atoms. The maximum Gasteiger partial charge on any atom is 0.340 e. The van der Waals surface area contributed by atoms with Gasteiger partial charge in [-0.15, -0.1) is 0 Å². The van der Waals surface area contributed by atoms with Gasteiger partial charge < -0.3 is 20.9 Å². The monoisotopic (exact) mass is 592 g/mol. The molecule has 2 heterocycles. The van der Waals surface area contributed by atoms with E-state index < -0.39 is 64.5 Å². The Balaban J connectivity index is 0.000000663. The van der Waals surface area contributed by atoms with Crippen LogP contribution in [0.3, 0.4) is 0 Å². The third-order valence-electron chi connectivity index (χ3n) is 6.25. The summed E-state index contributed by atoms with van der Waals surface area (Å²) < 4.78 is 80.1. The predicted octanol–water partition coefficient (Wildman–Crippen LogP) is 3.54. The first-order chi connectivity index (χ1) is 18.4. The maximum atomic E-state index is 12.9. The largest absolute Gasteiger partial charge is 0.453 e. The minimum absolute atomic E-state index is 0.0479. The lowest BCUT2D eigenvalue weighted by Crippen LogP contribution is -2.35. The van der Waals surface area contributed by atoms with Gasteiger partial charge in [0.05, 0.1) is 16.9 Å². The van der Waals surface area contributed by atoms with Crippen LogP contribution in [-0.2, 0) is 40.2 Å². The molecular weight excluding hydrogens is 564 g/mol. The molecular formula is C26H28N2O10S2. The van der Waals surface area contributed by atoms with Crippen molar-refractivity contribution in [1.29, 1.82) is 0 Å². The average Bonchev–Trinajstić information content (AvgIpc) is 3.09. The zero-order valence-corrected chi connectivity index (χ0v) is 23.6. The lowest BCUT2D eigenvalue weighted by molar-refractivity contribution is -0.144. The maximum absolute atomic E-state index is 12.9. The molecule has 0 saturated heterocycles. The van der Waals surface area contributed by atoms with Gasteiger partial charge >= 0.3 is 5.97 Å². The summed E-state index contributed by atoms with van der Waals surface area (Å²) in [5, 5.41) is 0. The number of fused-ring (bicyclic) bond motifs is 4. The van der Waals surface area contributed by atoms with Crippen LogP contribution in [0.4, 0.5) is 11.4 Å². The summed E-state index contributed by atoms with van der Waals surface area (Å²) in [6.45, 7) is 10.8. The average molecular weight is 593 g/mol. The quantitative estimate of drug-likeness (QED) is 0.223. The van der Waals surface area contributed by atoms with Crippen LogP contribution in [0.5, 0.6) is 11.5 Å². The Kier molecular flexibility index (Phi) is 8.05. The van der Waals surface area contributed by atoms with E-state index in [0.29, 0.717) is 0 Å². The third-order valence-corrected chi connectivity index (χ3v) is 8.12. The molecule has 4 rings (SSSR count). The molecule has 2 aliphatic heterocycles. The lowest BCUT2D eigenvalue weighted by Gasteiger charge is -2.38. The summed E-state index contributed by atoms with van der Waals surface area (Å²) in [6.07, 6.45) is 4.27. The van der Waals surface area contributed by atoms with E-state index in [-0.39, 0.29) is 34.0 Å². The van der Waals surface area contributed by atoms with E-state index in [2.05, 4.69) is 6.58 Å². The summed E-state index contributed by atoms with van der Waals surface area (Å²) in [6, 6.07) is 4.92. The number of hydrogen-bond donors (Lipinski definition) is 4. The summed E-state index contributed by atoms with van der Waals surface area (Å²) in [4.78, 5) is 21.3. The van der Waals surface area contributed by atoms with Gasteiger partial charge in [-0.3, -0.25) is 13.9 Å². The van der Waals surface area contributed by atoms with Gasteiger partial charge in [-0.05, 0) is 38.1 Å². The molecule has 40 heavy (non-hydrogen) atoms. The highest BCUT2D eigenvalue weighted by molar-refractivity contribution is 7.86. The topological polar surface area (TPSA) is 213 Å². The molecule has 2 aromatic carbocycles. The second-order valence-corrected chi connectivity index (χ2v) is 11.9. The predicted molar refractivity (Wildman–Crippen MR) is 146 cm³/mol. The van der Waals surface area contributed by atoms with Crippen LogP contribution >= 0.6 is 0 Å². The SMILES string of the molecule is C=CC1=C(/C=C\C)C(=O)OC12c1ccc(N)c(S(=O)(=O)O)c1Oc1c2ccc(N)c1S(=O)(=O)O.CC(=O)C(C)C. The van der Waals surface area contributed by atoms with Gasteiger partial charge in [0, 0.05) is 22.6 Å². The zero-order chi connectivity index (χ0) is 30.4. The van der Waals surface area contributed by atoms with E-state index >= 15 is 0 Å². The lowest BCUT2D eigenvalue weighted by atomic mass is 9.77. The summed E-state index contributed by atoms with van der Waals surface area (Å²) in [5.74, 6) is -1.58. The number of ether oxygens (including phenoxy) is 2. The van der Waals surface area contributed by atoms with Gasteiger partial charge in [0.25, 0.3) is 20.2 Å². The van der Waals surface area contributed by atoms with Crippen LogP contribution in [0, 0.1) is 5.92 Å². The van der Waals surface area contributed by atoms with Crippen molar-refractivity contribution in [3.8, 4) is 11.5 Å². The van der Waals surface area contributed by atoms with Crippen molar-refractivity contribution in [3.05, 3.63) is 71.3 Å². The van der Waals surface area contributed by atoms with Crippen molar-refractivity contribution < 1.29 is 45.0 Å². The Hall–Kier alpha value is -3.98. The zero-order valence-electron chi connectivity index (χ0n) is 22.0. The first kappa shape index (κ1) is 30.6. The number of Topliss-reactive ketones (excluding diaryl/α,β-unsaturated/α-hetero) is 1. The molecule has 2 aliphatic rings. The number of nitrogen functional groups attached to an aromatic ring is 2. The van der Waals surface area contributed by atoms with Gasteiger partial charge in [-0.2, -0.15) is 16.8 Å². The highest BCUT2D eigenvalue weighted by atomic mass is 32.2. The smallest absolute Gasteiger partial charge is 0.340 e. The number of benzene rings is 2. The highest BCUT2D eigenvalue weighted by Crippen LogP contribution is 2.60. The number of rotatable bonds is 5. The van der Waals surface area contributed by atoms with E-state index in [0.717, 1.165) is 12.1 Å². The van der Waals surface area contributed by atoms with Crippen molar-refractivity contribution in [2.75, 3.05) is 11.5 Å². The van der Waals surface area contributed by atoms with Crippen LogP contribution in [-0.4, -0.2) is 37.7 Å². The van der Waals surface area contributed by atoms with E-state index in [1.165, 1.54) is 24.3 Å². The fourth-order valence-electron chi connectivity index (χ4n) is 4.22. The molecule has 2 aromatic rings. The van der Waals surface area contributed by atoms with Gasteiger partial charge in [-0.1, -0.05) is 38.7 Å². The Morgan fingerprint density at radius 2 is 1.40 bits per heavy atom. The molecule has 0 aliphatic carbocycles. The highest BCUT2D eigenvalue weighted by Gasteiger charge is 2.56. The second-order valence-electron chi connectivity index (χ2n) is 9.14. The standard InChI is InChI=1S/C21H18N2O9S2.C5H10O/c1-3-5-10-11(4-2)21(32-20(10)24)12-6-8-14(22)18(33(25,26)27)16(12)31-17-13(21)7-9-15(23)19(17)34(28,29)30;1-4(2)5(3)6/h3-9H,2,22-23H2,1H3,(H,25,26,27)(H,28,29,30);4H,1-3H3/b5-3-;. The summed E-state index contributed by atoms with van der Waals surface area (Å²) in [5.41, 5.74) is 8.76. The molecule has 0 saturated carbocycles. The van der Waals surface area contributed by atoms with E-state index in [1.54, 1.807) is 19.9 Å². The molecule has 0 fully saturated rings. The van der Waals surface area contributed by atoms with Crippen LogP contribution in [0.25, 0.3) is 0 Å². The number of ketones is 1. The first-order valence-electron chi connectivity index (χ1n) is 11.7. The van der Waals surface area contributed by atoms with Gasteiger partial charge in [-0.25, -0.2) is 4.79 Å². The van der Waals surface area contributed by atoms with Crippen molar-refractivity contribution in [2.45, 2.75) is 43.1 Å². The van der Waals surface area contributed by atoms with Crippen molar-refractivity contribution in [1.82, 2.24) is 0 Å². The minimum Gasteiger partial charge on any atom is -0.453 e. The molecule has 214 valence electrons. The number of allylic oxidation sites excluding steroid dienone is 1. The normalized spacial score (nSPS) is 15.7. The second kappa shape index (κ2) is 10.5.